The number of hydrogen-bond acceptors (Lipinski definition) is 3. The highest BCUT2D eigenvalue weighted by Crippen LogP contribution is 2.54. The molecular weight excluding hydrogens is 697 g/mol. The molecule has 4 aromatic carbocycles. The Kier molecular flexibility index (Phi) is 13.5. The zero-order chi connectivity index (χ0) is 41.7. The number of aliphatic hydroxyl groups excluding tert-OH is 1. The lowest BCUT2D eigenvalue weighted by Gasteiger charge is -2.32. The van der Waals surface area contributed by atoms with Gasteiger partial charge in [0.05, 0.1) is 11.4 Å². The number of anilines is 2. The first kappa shape index (κ1) is 43.2. The van der Waals surface area contributed by atoms with Crippen LogP contribution in [-0.2, 0) is 23.7 Å². The van der Waals surface area contributed by atoms with Crippen molar-refractivity contribution in [3.63, 3.8) is 0 Å². The average molecular weight is 757 g/mol. The summed E-state index contributed by atoms with van der Waals surface area (Å²) in [6.07, 6.45) is 13.0. The van der Waals surface area contributed by atoms with Crippen LogP contribution in [0.2, 0.25) is 0 Å². The molecule has 0 spiro atoms. The molecule has 0 aromatic heterocycles. The Morgan fingerprint density at radius 1 is 0.911 bits per heavy atom. The van der Waals surface area contributed by atoms with Crippen LogP contribution in [0.4, 0.5) is 21.0 Å². The summed E-state index contributed by atoms with van der Waals surface area (Å²) in [4.78, 5) is 28.9. The van der Waals surface area contributed by atoms with Gasteiger partial charge in [-0.15, -0.1) is 0 Å². The second kappa shape index (κ2) is 17.5. The van der Waals surface area contributed by atoms with E-state index in [-0.39, 0.29) is 11.5 Å². The molecule has 0 atom stereocenters. The Hall–Kier alpha value is -5.56. The van der Waals surface area contributed by atoms with E-state index in [0.717, 1.165) is 63.1 Å². The minimum atomic E-state index is -1.18. The van der Waals surface area contributed by atoms with Crippen LogP contribution in [-0.4, -0.2) is 27.5 Å². The second-order valence-electron chi connectivity index (χ2n) is 15.2. The van der Waals surface area contributed by atoms with E-state index in [1.807, 2.05) is 103 Å². The van der Waals surface area contributed by atoms with Gasteiger partial charge in [-0.2, -0.15) is 0 Å². The van der Waals surface area contributed by atoms with E-state index in [2.05, 4.69) is 45.9 Å². The maximum atomic E-state index is 13.2. The number of fused-ring (bicyclic) bond motifs is 6. The Morgan fingerprint density at radius 3 is 2.02 bits per heavy atom. The summed E-state index contributed by atoms with van der Waals surface area (Å²) in [6.45, 7) is 24.0. The number of carboxylic acid groups (broad SMARTS) is 2. The molecular formula is C49H60N2O5. The Morgan fingerprint density at radius 2 is 1.48 bits per heavy atom. The summed E-state index contributed by atoms with van der Waals surface area (Å²) in [5.74, 6) is -0.208. The van der Waals surface area contributed by atoms with Crippen molar-refractivity contribution in [2.24, 2.45) is 0 Å². The van der Waals surface area contributed by atoms with Crippen LogP contribution in [0.3, 0.4) is 0 Å². The van der Waals surface area contributed by atoms with Crippen molar-refractivity contribution in [2.75, 3.05) is 9.80 Å². The highest BCUT2D eigenvalue weighted by molar-refractivity contribution is 6.18. The minimum absolute atomic E-state index is 0.208. The van der Waals surface area contributed by atoms with Crippen LogP contribution in [0.1, 0.15) is 123 Å². The van der Waals surface area contributed by atoms with Gasteiger partial charge in [0.1, 0.15) is 5.76 Å². The van der Waals surface area contributed by atoms with Gasteiger partial charge in [0.25, 0.3) is 0 Å². The third-order valence-corrected chi connectivity index (χ3v) is 10.4. The fraction of sp³-hybridized carbons (Fsp3) is 0.347. The van der Waals surface area contributed by atoms with Crippen molar-refractivity contribution < 1.29 is 24.9 Å². The van der Waals surface area contributed by atoms with E-state index in [1.54, 1.807) is 13.0 Å². The van der Waals surface area contributed by atoms with Gasteiger partial charge in [-0.25, -0.2) is 19.4 Å². The summed E-state index contributed by atoms with van der Waals surface area (Å²) in [7, 11) is 0. The number of rotatable bonds is 6. The molecule has 0 saturated carbocycles. The van der Waals surface area contributed by atoms with E-state index >= 15 is 0 Å². The lowest BCUT2D eigenvalue weighted by Crippen LogP contribution is -2.31. The third kappa shape index (κ3) is 7.64. The maximum absolute atomic E-state index is 13.2. The van der Waals surface area contributed by atoms with Crippen LogP contribution in [0.5, 0.6) is 0 Å². The smallest absolute Gasteiger partial charge is 0.416 e. The molecule has 1 heterocycles. The highest BCUT2D eigenvalue weighted by atomic mass is 16.4. The van der Waals surface area contributed by atoms with Gasteiger partial charge >= 0.3 is 12.2 Å². The number of nitrogens with zero attached hydrogens (tertiary/aromatic N) is 2. The van der Waals surface area contributed by atoms with E-state index in [4.69, 9.17) is 0 Å². The van der Waals surface area contributed by atoms with Crippen LogP contribution >= 0.6 is 0 Å². The number of hydrogen-bond donors (Lipinski definition) is 3. The fourth-order valence-electron chi connectivity index (χ4n) is 8.43. The lowest BCUT2D eigenvalue weighted by molar-refractivity contribution is 0.202. The molecule has 3 N–H and O–H groups in total. The summed E-state index contributed by atoms with van der Waals surface area (Å²) in [5, 5.41) is 36.7. The SMILES string of the molecule is C/C=C\c1c(CC)c2c(c3c1C(C)(C)/C(=C/C=C(O)/C=C(\C)N(C(=O)O)c1c(C(C)(C)C)c4ccccc4c4ccccc14)N3C(=O)O)C=CCC2.CC.CC. The monoisotopic (exact) mass is 756 g/mol. The molecule has 0 fully saturated rings. The maximum Gasteiger partial charge on any atom is 0.416 e. The first-order valence-corrected chi connectivity index (χ1v) is 20.0. The Labute approximate surface area is 333 Å². The van der Waals surface area contributed by atoms with E-state index in [9.17, 15) is 24.9 Å². The van der Waals surface area contributed by atoms with Crippen LogP contribution < -0.4 is 9.80 Å². The Bertz CT molecular complexity index is 2300. The van der Waals surface area contributed by atoms with E-state index in [1.165, 1.54) is 33.1 Å². The first-order valence-electron chi connectivity index (χ1n) is 20.0. The van der Waals surface area contributed by atoms with Crippen LogP contribution in [0, 0.1) is 0 Å². The minimum Gasteiger partial charge on any atom is -0.508 e. The Balaban J connectivity index is 0.00000169. The molecule has 1 aliphatic carbocycles. The molecule has 2 amide bonds. The molecule has 7 nitrogen and oxygen atoms in total. The number of benzene rings is 4. The quantitative estimate of drug-likeness (QED) is 0.103. The molecule has 6 rings (SSSR count). The van der Waals surface area contributed by atoms with Crippen molar-refractivity contribution in [2.45, 2.75) is 113 Å². The topological polar surface area (TPSA) is 101 Å². The van der Waals surface area contributed by atoms with Gasteiger partial charge in [0.2, 0.25) is 0 Å². The van der Waals surface area contributed by atoms with Gasteiger partial charge in [-0.05, 0) is 101 Å². The van der Waals surface area contributed by atoms with Crippen molar-refractivity contribution in [1.82, 2.24) is 0 Å². The molecule has 7 heteroatoms. The normalized spacial score (nSPS) is 15.6. The molecule has 0 bridgehead atoms. The highest BCUT2D eigenvalue weighted by Gasteiger charge is 2.47. The van der Waals surface area contributed by atoms with Gasteiger partial charge in [0.15, 0.2) is 0 Å². The molecule has 0 unspecified atom stereocenters. The number of carbonyl (C=O) groups is 2. The fourth-order valence-corrected chi connectivity index (χ4v) is 8.43. The molecule has 1 aliphatic heterocycles. The predicted octanol–water partition coefficient (Wildman–Crippen LogP) is 14.1. The van der Waals surface area contributed by atoms with Gasteiger partial charge in [-0.1, -0.05) is 142 Å². The van der Waals surface area contributed by atoms with Crippen molar-refractivity contribution >= 4 is 57.3 Å². The third-order valence-electron chi connectivity index (χ3n) is 10.4. The van der Waals surface area contributed by atoms with Crippen molar-refractivity contribution in [3.05, 3.63) is 129 Å². The van der Waals surface area contributed by atoms with Crippen molar-refractivity contribution in [3.8, 4) is 0 Å². The van der Waals surface area contributed by atoms with E-state index < -0.39 is 23.0 Å². The summed E-state index contributed by atoms with van der Waals surface area (Å²) < 4.78 is 0. The van der Waals surface area contributed by atoms with Gasteiger partial charge in [-0.3, -0.25) is 0 Å². The lowest BCUT2D eigenvalue weighted by atomic mass is 9.75. The molecule has 4 aromatic rings. The number of amides is 2. The molecule has 2 aliphatic rings. The molecule has 56 heavy (non-hydrogen) atoms. The average Bonchev–Trinajstić information content (AvgIpc) is 3.41. The summed E-state index contributed by atoms with van der Waals surface area (Å²) in [6, 6.07) is 15.8. The molecule has 296 valence electrons. The standard InChI is InChI=1S/C45H48N2O5.2C2H6/c1-9-17-33-29(10-2)30-18-12-15-22-35(30)41-39(33)45(7,8)37(47(41)43(51)52)25-24-28(48)26-27(3)46(42(49)50)40-36-23-16-13-20-32(36)31-19-11-14-21-34(31)38(40)44(4,5)6;2*1-2/h9,11,13-17,19-26,48H,10,12,18H2,1-8H3,(H,49,50)(H,51,52);2*1-2H3/b17-9-,27-26+,28-24-,37-25-;;. The van der Waals surface area contributed by atoms with Crippen LogP contribution in [0.15, 0.2) is 96.1 Å². The molecule has 0 radical (unpaired) electrons. The van der Waals surface area contributed by atoms with E-state index in [0.29, 0.717) is 17.1 Å². The zero-order valence-corrected chi connectivity index (χ0v) is 35.3. The van der Waals surface area contributed by atoms with Crippen molar-refractivity contribution in [1.29, 1.82) is 0 Å². The van der Waals surface area contributed by atoms with Crippen LogP contribution in [0.25, 0.3) is 33.7 Å². The summed E-state index contributed by atoms with van der Waals surface area (Å²) in [5.41, 5.74) is 7.04. The molecule has 0 saturated heterocycles. The second-order valence-corrected chi connectivity index (χ2v) is 15.2. The first-order chi connectivity index (χ1) is 26.6. The zero-order valence-electron chi connectivity index (χ0n) is 35.3. The largest absolute Gasteiger partial charge is 0.508 e. The summed E-state index contributed by atoms with van der Waals surface area (Å²) >= 11 is 0. The number of aliphatic hydroxyl groups is 1. The predicted molar refractivity (Wildman–Crippen MR) is 237 cm³/mol. The van der Waals surface area contributed by atoms with Gasteiger partial charge in [0, 0.05) is 27.8 Å². The number of allylic oxidation sites excluding steroid dienone is 7. The van der Waals surface area contributed by atoms with Gasteiger partial charge < -0.3 is 15.3 Å².